The maximum Gasteiger partial charge on any atom is 0.343 e. The summed E-state index contributed by atoms with van der Waals surface area (Å²) in [5.74, 6) is -1.84. The van der Waals surface area contributed by atoms with Crippen LogP contribution < -0.4 is 15.0 Å². The zero-order valence-electron chi connectivity index (χ0n) is 21.7. The Morgan fingerprint density at radius 3 is 2.05 bits per heavy atom. The Morgan fingerprint density at radius 1 is 0.846 bits per heavy atom. The SMILES string of the molecule is CCCCOC(=O)c1ccc(N2C(=O)C(Cl)=C(Nc3ccc(C(=O)Oc4c(C)cccc4C)cc3)C2=O)cc1. The number of ether oxygens (including phenoxy) is 2. The number of nitrogens with zero attached hydrogens (tertiary/aromatic N) is 1. The number of imide groups is 1. The van der Waals surface area contributed by atoms with Crippen molar-refractivity contribution in [1.29, 1.82) is 0 Å². The van der Waals surface area contributed by atoms with Crippen LogP contribution in [0.15, 0.2) is 77.5 Å². The molecule has 0 aliphatic carbocycles. The van der Waals surface area contributed by atoms with Crippen molar-refractivity contribution in [3.8, 4) is 5.75 Å². The smallest absolute Gasteiger partial charge is 0.343 e. The number of carbonyl (C=O) groups excluding carboxylic acids is 4. The van der Waals surface area contributed by atoms with E-state index in [1.54, 1.807) is 24.3 Å². The Morgan fingerprint density at radius 2 is 1.44 bits per heavy atom. The first-order valence-electron chi connectivity index (χ1n) is 12.4. The number of carbonyl (C=O) groups is 4. The van der Waals surface area contributed by atoms with Crippen LogP contribution in [0.4, 0.5) is 11.4 Å². The Kier molecular flexibility index (Phi) is 8.46. The number of halogens is 1. The third kappa shape index (κ3) is 6.02. The first-order chi connectivity index (χ1) is 18.7. The van der Waals surface area contributed by atoms with E-state index in [0.29, 0.717) is 29.2 Å². The molecule has 0 spiro atoms. The molecule has 0 radical (unpaired) electrons. The lowest BCUT2D eigenvalue weighted by molar-refractivity contribution is -0.120. The van der Waals surface area contributed by atoms with Crippen molar-refractivity contribution in [2.45, 2.75) is 33.6 Å². The third-order valence-corrected chi connectivity index (χ3v) is 6.46. The van der Waals surface area contributed by atoms with Crippen LogP contribution in [-0.2, 0) is 14.3 Å². The number of aryl methyl sites for hydroxylation is 2. The fourth-order valence-corrected chi connectivity index (χ4v) is 4.14. The zero-order valence-corrected chi connectivity index (χ0v) is 22.5. The van der Waals surface area contributed by atoms with Gasteiger partial charge in [0.15, 0.2) is 0 Å². The number of benzene rings is 3. The highest BCUT2D eigenvalue weighted by Crippen LogP contribution is 2.31. The molecule has 1 aliphatic rings. The lowest BCUT2D eigenvalue weighted by atomic mass is 10.1. The second kappa shape index (κ2) is 12.0. The van der Waals surface area contributed by atoms with E-state index in [9.17, 15) is 19.2 Å². The summed E-state index contributed by atoms with van der Waals surface area (Å²) in [6, 6.07) is 17.8. The number of hydrogen-bond donors (Lipinski definition) is 1. The molecule has 4 rings (SSSR count). The number of amides is 2. The summed E-state index contributed by atoms with van der Waals surface area (Å²) < 4.78 is 10.8. The van der Waals surface area contributed by atoms with E-state index in [1.807, 2.05) is 39.0 Å². The van der Waals surface area contributed by atoms with E-state index in [-0.39, 0.29) is 16.4 Å². The monoisotopic (exact) mass is 546 g/mol. The van der Waals surface area contributed by atoms with E-state index in [2.05, 4.69) is 5.32 Å². The summed E-state index contributed by atoms with van der Waals surface area (Å²) in [5, 5.41) is 2.60. The molecule has 0 atom stereocenters. The van der Waals surface area contributed by atoms with E-state index in [1.165, 1.54) is 24.3 Å². The Bertz CT molecular complexity index is 1440. The molecule has 200 valence electrons. The van der Waals surface area contributed by atoms with Gasteiger partial charge in [-0.2, -0.15) is 0 Å². The first kappa shape index (κ1) is 27.6. The van der Waals surface area contributed by atoms with Crippen LogP contribution in [0.3, 0.4) is 0 Å². The lowest BCUT2D eigenvalue weighted by Gasteiger charge is -2.15. The normalized spacial score (nSPS) is 13.1. The predicted molar refractivity (Wildman–Crippen MR) is 148 cm³/mol. The minimum atomic E-state index is -0.698. The Labute approximate surface area is 231 Å². The van der Waals surface area contributed by atoms with Gasteiger partial charge in [0.25, 0.3) is 11.8 Å². The van der Waals surface area contributed by atoms with E-state index in [0.717, 1.165) is 28.9 Å². The number of para-hydroxylation sites is 1. The minimum absolute atomic E-state index is 0.101. The summed E-state index contributed by atoms with van der Waals surface area (Å²) in [7, 11) is 0. The van der Waals surface area contributed by atoms with Crippen LogP contribution in [0, 0.1) is 13.8 Å². The molecule has 0 fully saturated rings. The van der Waals surface area contributed by atoms with Crippen molar-refractivity contribution in [2.24, 2.45) is 0 Å². The van der Waals surface area contributed by atoms with Gasteiger partial charge in [0.2, 0.25) is 0 Å². The molecule has 3 aromatic carbocycles. The second-order valence-electron chi connectivity index (χ2n) is 8.98. The van der Waals surface area contributed by atoms with Crippen LogP contribution in [0.1, 0.15) is 51.6 Å². The molecular weight excluding hydrogens is 520 g/mol. The summed E-state index contributed by atoms with van der Waals surface area (Å²) in [4.78, 5) is 51.6. The van der Waals surface area contributed by atoms with Crippen molar-refractivity contribution < 1.29 is 28.7 Å². The van der Waals surface area contributed by atoms with Gasteiger partial charge in [-0.05, 0) is 79.9 Å². The molecule has 0 saturated carbocycles. The van der Waals surface area contributed by atoms with Crippen LogP contribution in [0.5, 0.6) is 5.75 Å². The molecule has 3 aromatic rings. The van der Waals surface area contributed by atoms with Crippen molar-refractivity contribution >= 4 is 46.7 Å². The number of rotatable bonds is 9. The molecule has 0 aromatic heterocycles. The largest absolute Gasteiger partial charge is 0.462 e. The molecule has 1 N–H and O–H groups in total. The van der Waals surface area contributed by atoms with Gasteiger partial charge >= 0.3 is 11.9 Å². The van der Waals surface area contributed by atoms with Gasteiger partial charge in [-0.15, -0.1) is 0 Å². The number of nitrogens with one attached hydrogen (secondary N) is 1. The number of esters is 2. The summed E-state index contributed by atoms with van der Waals surface area (Å²) >= 11 is 6.23. The molecule has 0 bridgehead atoms. The molecule has 0 saturated heterocycles. The van der Waals surface area contributed by atoms with Gasteiger partial charge in [0.05, 0.1) is 23.4 Å². The Balaban J connectivity index is 1.43. The van der Waals surface area contributed by atoms with Gasteiger partial charge < -0.3 is 14.8 Å². The molecule has 2 amide bonds. The number of anilines is 2. The van der Waals surface area contributed by atoms with E-state index >= 15 is 0 Å². The van der Waals surface area contributed by atoms with Gasteiger partial charge in [0.1, 0.15) is 16.5 Å². The van der Waals surface area contributed by atoms with Gasteiger partial charge in [-0.1, -0.05) is 43.1 Å². The highest BCUT2D eigenvalue weighted by Gasteiger charge is 2.39. The molecule has 1 heterocycles. The van der Waals surface area contributed by atoms with Crippen molar-refractivity contribution in [3.63, 3.8) is 0 Å². The summed E-state index contributed by atoms with van der Waals surface area (Å²) in [6.07, 6.45) is 1.67. The minimum Gasteiger partial charge on any atom is -0.462 e. The van der Waals surface area contributed by atoms with E-state index in [4.69, 9.17) is 21.1 Å². The predicted octanol–water partition coefficient (Wildman–Crippen LogP) is 5.92. The molecule has 8 nitrogen and oxygen atoms in total. The molecular formula is C30H27ClN2O6. The van der Waals surface area contributed by atoms with E-state index < -0.39 is 23.8 Å². The van der Waals surface area contributed by atoms with Crippen molar-refractivity contribution in [3.05, 3.63) is 99.7 Å². The first-order valence-corrected chi connectivity index (χ1v) is 12.8. The topological polar surface area (TPSA) is 102 Å². The summed E-state index contributed by atoms with van der Waals surface area (Å²) in [5.41, 5.74) is 2.91. The quantitative estimate of drug-likeness (QED) is 0.154. The van der Waals surface area contributed by atoms with Crippen molar-refractivity contribution in [1.82, 2.24) is 0 Å². The standard InChI is InChI=1S/C30H27ClN2O6/c1-4-5-17-38-29(36)20-11-15-23(16-12-20)33-27(34)24(31)25(28(33)35)32-22-13-9-21(10-14-22)30(37)39-26-18(2)7-6-8-19(26)3/h6-16,32H,4-5,17H2,1-3H3. The second-order valence-corrected chi connectivity index (χ2v) is 9.36. The Hall–Kier alpha value is -4.43. The molecule has 9 heteroatoms. The summed E-state index contributed by atoms with van der Waals surface area (Å²) in [6.45, 7) is 6.04. The molecule has 0 unspecified atom stereocenters. The highest BCUT2D eigenvalue weighted by atomic mass is 35.5. The highest BCUT2D eigenvalue weighted by molar-refractivity contribution is 6.53. The number of unbranched alkanes of at least 4 members (excludes halogenated alkanes) is 1. The number of hydrogen-bond acceptors (Lipinski definition) is 7. The van der Waals surface area contributed by atoms with Crippen LogP contribution in [0.2, 0.25) is 0 Å². The van der Waals surface area contributed by atoms with Gasteiger partial charge in [0, 0.05) is 5.69 Å². The van der Waals surface area contributed by atoms with Gasteiger partial charge in [-0.25, -0.2) is 14.5 Å². The molecule has 39 heavy (non-hydrogen) atoms. The van der Waals surface area contributed by atoms with Crippen LogP contribution in [-0.4, -0.2) is 30.4 Å². The van der Waals surface area contributed by atoms with Crippen LogP contribution in [0.25, 0.3) is 0 Å². The van der Waals surface area contributed by atoms with Gasteiger partial charge in [-0.3, -0.25) is 9.59 Å². The third-order valence-electron chi connectivity index (χ3n) is 6.11. The average Bonchev–Trinajstić information content (AvgIpc) is 3.14. The lowest BCUT2D eigenvalue weighted by Crippen LogP contribution is -2.32. The van der Waals surface area contributed by atoms with Crippen molar-refractivity contribution in [2.75, 3.05) is 16.8 Å². The van der Waals surface area contributed by atoms with Crippen LogP contribution >= 0.6 is 11.6 Å². The maximum atomic E-state index is 13.1. The fourth-order valence-electron chi connectivity index (χ4n) is 3.93. The zero-order chi connectivity index (χ0) is 28.1. The molecule has 1 aliphatic heterocycles. The average molecular weight is 547 g/mol. The fraction of sp³-hybridized carbons (Fsp3) is 0.200. The maximum absolute atomic E-state index is 13.1.